The van der Waals surface area contributed by atoms with E-state index in [9.17, 15) is 0 Å². The Kier molecular flexibility index (Phi) is 17.4. The fourth-order valence-corrected chi connectivity index (χ4v) is 7.14. The molecule has 0 amide bonds. The summed E-state index contributed by atoms with van der Waals surface area (Å²) in [5.74, 6) is 1.81. The zero-order valence-corrected chi connectivity index (χ0v) is 37.1. The lowest BCUT2D eigenvalue weighted by atomic mass is 9.81. The molecular formula is C40H66Br3N4+3. The number of alkyl halides is 1. The van der Waals surface area contributed by atoms with Gasteiger partial charge in [0.1, 0.15) is 0 Å². The molecule has 0 radical (unpaired) electrons. The van der Waals surface area contributed by atoms with Gasteiger partial charge in [0.15, 0.2) is 12.3 Å². The van der Waals surface area contributed by atoms with Crippen LogP contribution in [0.5, 0.6) is 0 Å². The van der Waals surface area contributed by atoms with Crippen molar-refractivity contribution in [3.8, 4) is 0 Å². The molecule has 4 rings (SSSR count). The summed E-state index contributed by atoms with van der Waals surface area (Å²) in [5.41, 5.74) is 8.06. The summed E-state index contributed by atoms with van der Waals surface area (Å²) in [5, 5.41) is 0. The van der Waals surface area contributed by atoms with Crippen LogP contribution in [0.4, 0.5) is 11.4 Å². The zero-order chi connectivity index (χ0) is 36.4. The van der Waals surface area contributed by atoms with E-state index in [2.05, 4.69) is 182 Å². The van der Waals surface area contributed by atoms with E-state index in [-0.39, 0.29) is 10.8 Å². The number of rotatable bonds is 10. The second-order valence-corrected chi connectivity index (χ2v) is 16.7. The van der Waals surface area contributed by atoms with Gasteiger partial charge in [-0.25, -0.2) is 0 Å². The monoisotopic (exact) mass is 839 g/mol. The Morgan fingerprint density at radius 2 is 1.23 bits per heavy atom. The smallest absolute Gasteiger partial charge is 0.209 e. The van der Waals surface area contributed by atoms with Gasteiger partial charge in [0.05, 0.1) is 67.2 Å². The fourth-order valence-electron chi connectivity index (χ4n) is 6.41. The van der Waals surface area contributed by atoms with Crippen LogP contribution in [-0.4, -0.2) is 93.6 Å². The van der Waals surface area contributed by atoms with Gasteiger partial charge in [0, 0.05) is 56.4 Å². The predicted octanol–water partition coefficient (Wildman–Crippen LogP) is 11.1. The van der Waals surface area contributed by atoms with E-state index in [0.717, 1.165) is 56.9 Å². The van der Waals surface area contributed by atoms with Gasteiger partial charge >= 0.3 is 0 Å². The van der Waals surface area contributed by atoms with Crippen molar-refractivity contribution < 1.29 is 13.5 Å². The van der Waals surface area contributed by atoms with Crippen LogP contribution in [0.1, 0.15) is 79.4 Å². The van der Waals surface area contributed by atoms with Crippen molar-refractivity contribution in [1.82, 2.24) is 0 Å². The Hall–Kier alpha value is -1.25. The van der Waals surface area contributed by atoms with Crippen molar-refractivity contribution in [3.05, 3.63) is 80.4 Å². The number of benzene rings is 2. The molecule has 0 bridgehead atoms. The third-order valence-electron chi connectivity index (χ3n) is 8.64. The molecule has 2 aliphatic rings. The number of quaternary nitrogens is 2. The van der Waals surface area contributed by atoms with Crippen molar-refractivity contribution in [2.45, 2.75) is 79.1 Å². The summed E-state index contributed by atoms with van der Waals surface area (Å²) in [6, 6.07) is 13.6. The molecule has 2 aromatic carbocycles. The highest BCUT2D eigenvalue weighted by Gasteiger charge is 2.44. The molecule has 0 saturated carbocycles. The van der Waals surface area contributed by atoms with Crippen LogP contribution in [-0.2, 0) is 10.8 Å². The average molecular weight is 843 g/mol. The molecule has 0 atom stereocenters. The Bertz CT molecular complexity index is 1390. The molecule has 0 unspecified atom stereocenters. The summed E-state index contributed by atoms with van der Waals surface area (Å²) in [6.07, 6.45) is 9.36. The van der Waals surface area contributed by atoms with Gasteiger partial charge < -0.3 is 13.9 Å². The molecule has 7 heteroatoms. The molecule has 0 aliphatic carbocycles. The lowest BCUT2D eigenvalue weighted by molar-refractivity contribution is -0.871. The Labute approximate surface area is 315 Å². The van der Waals surface area contributed by atoms with Crippen LogP contribution in [0.2, 0.25) is 0 Å². The minimum atomic E-state index is -0.0754. The summed E-state index contributed by atoms with van der Waals surface area (Å²) >= 11 is 10.4. The normalized spacial score (nSPS) is 17.0. The molecule has 0 saturated heterocycles. The average Bonchev–Trinajstić information content (AvgIpc) is 3.33. The Morgan fingerprint density at radius 3 is 1.79 bits per heavy atom. The fraction of sp³-hybridized carbons (Fsp3) is 0.575. The summed E-state index contributed by atoms with van der Waals surface area (Å²) < 4.78 is 6.82. The second kappa shape index (κ2) is 18.7. The van der Waals surface area contributed by atoms with Gasteiger partial charge in [-0.1, -0.05) is 95.4 Å². The van der Waals surface area contributed by atoms with E-state index in [1.165, 1.54) is 33.9 Å². The molecule has 0 fully saturated rings. The first-order valence-electron chi connectivity index (χ1n) is 17.3. The van der Waals surface area contributed by atoms with Crippen molar-refractivity contribution in [3.63, 3.8) is 0 Å². The van der Waals surface area contributed by atoms with Crippen molar-refractivity contribution in [2.75, 3.05) is 79.2 Å². The minimum absolute atomic E-state index is 0.0754. The van der Waals surface area contributed by atoms with Crippen molar-refractivity contribution in [2.24, 2.45) is 0 Å². The highest BCUT2D eigenvalue weighted by atomic mass is 79.9. The molecule has 0 spiro atoms. The molecule has 2 aliphatic heterocycles. The first-order chi connectivity index (χ1) is 21.9. The number of nitrogens with zero attached hydrogens (tertiary/aromatic N) is 4. The Balaban J connectivity index is 0.00000174. The van der Waals surface area contributed by atoms with Gasteiger partial charge in [-0.3, -0.25) is 0 Å². The van der Waals surface area contributed by atoms with Crippen LogP contribution in [0.15, 0.2) is 69.3 Å². The van der Waals surface area contributed by atoms with Gasteiger partial charge in [0.2, 0.25) is 5.69 Å². The van der Waals surface area contributed by atoms with E-state index in [1.54, 1.807) is 0 Å². The first kappa shape index (κ1) is 43.8. The number of anilines is 1. The van der Waals surface area contributed by atoms with E-state index in [4.69, 9.17) is 0 Å². The summed E-state index contributed by atoms with van der Waals surface area (Å²) in [7, 11) is 13.7. The van der Waals surface area contributed by atoms with Gasteiger partial charge in [-0.05, 0) is 61.7 Å². The van der Waals surface area contributed by atoms with E-state index in [0.29, 0.717) is 0 Å². The van der Waals surface area contributed by atoms with E-state index >= 15 is 0 Å². The van der Waals surface area contributed by atoms with Gasteiger partial charge in [-0.2, -0.15) is 4.58 Å². The molecule has 2 heterocycles. The third-order valence-corrected chi connectivity index (χ3v) is 9.62. The quantitative estimate of drug-likeness (QED) is 0.131. The van der Waals surface area contributed by atoms with Crippen LogP contribution < -0.4 is 4.90 Å². The maximum Gasteiger partial charge on any atom is 0.209 e. The summed E-state index contributed by atoms with van der Waals surface area (Å²) in [6.45, 7) is 21.8. The number of allylic oxidation sites excluding steroid dienone is 4. The molecule has 47 heavy (non-hydrogen) atoms. The van der Waals surface area contributed by atoms with Crippen molar-refractivity contribution in [1.29, 1.82) is 0 Å². The standard InChI is InChI=1S/C35H51Br2N4.2C2H6.CH3Br/c1-34(2)28-24-26(36)16-18-30(28)38(20-12-22-40(5,6)7)32(34)14-11-15-33-35(3,4)29-25-27(37)17-19-31(29)39(33)21-13-23-41(8,9)10;3*1-2/h11,14-19,24-25H,12-13,20-23H2,1-10H3;2*1-2H3;1H3/q+3;;;. The lowest BCUT2D eigenvalue weighted by Gasteiger charge is -2.29. The largest absolute Gasteiger partial charge is 0.344 e. The van der Waals surface area contributed by atoms with Crippen LogP contribution in [0, 0.1) is 0 Å². The Morgan fingerprint density at radius 1 is 0.723 bits per heavy atom. The molecule has 0 N–H and O–H groups in total. The topological polar surface area (TPSA) is 6.25 Å². The third kappa shape index (κ3) is 11.4. The SMILES string of the molecule is CBr.CC.CC.CC1(C)C(/C=C/C=C2\N(CCC[N+](C)(C)C)c3ccc(Br)cc3C2(C)C)=[N+](CCC[N+](C)(C)C)c2ccc(Br)cc21. The van der Waals surface area contributed by atoms with Crippen molar-refractivity contribution >= 4 is 64.9 Å². The number of fused-ring (bicyclic) bond motifs is 2. The molecule has 264 valence electrons. The lowest BCUT2D eigenvalue weighted by Crippen LogP contribution is -2.37. The van der Waals surface area contributed by atoms with E-state index in [1.807, 2.05) is 33.5 Å². The maximum absolute atomic E-state index is 3.74. The number of hydrogen-bond donors (Lipinski definition) is 0. The van der Waals surface area contributed by atoms with Gasteiger partial charge in [0.25, 0.3) is 0 Å². The van der Waals surface area contributed by atoms with Crippen LogP contribution in [0.3, 0.4) is 0 Å². The highest BCUT2D eigenvalue weighted by molar-refractivity contribution is 9.10. The minimum Gasteiger partial charge on any atom is -0.344 e. The van der Waals surface area contributed by atoms with Crippen LogP contribution in [0.25, 0.3) is 0 Å². The molecule has 0 aromatic heterocycles. The molecule has 4 nitrogen and oxygen atoms in total. The second-order valence-electron chi connectivity index (χ2n) is 14.9. The first-order valence-corrected chi connectivity index (χ1v) is 20.5. The predicted molar refractivity (Wildman–Crippen MR) is 221 cm³/mol. The van der Waals surface area contributed by atoms with Crippen LogP contribution >= 0.6 is 47.8 Å². The van der Waals surface area contributed by atoms with Gasteiger partial charge in [-0.15, -0.1) is 0 Å². The zero-order valence-electron chi connectivity index (χ0n) is 32.4. The highest BCUT2D eigenvalue weighted by Crippen LogP contribution is 2.49. The molecule has 2 aromatic rings. The number of hydrogen-bond acceptors (Lipinski definition) is 1. The number of halogens is 3. The van der Waals surface area contributed by atoms with E-state index < -0.39 is 0 Å². The molecular weight excluding hydrogens is 776 g/mol. The maximum atomic E-state index is 3.74. The summed E-state index contributed by atoms with van der Waals surface area (Å²) in [4.78, 5) is 2.57.